The topological polar surface area (TPSA) is 59.5 Å². The minimum Gasteiger partial charge on any atom is -0.465 e. The second-order valence-electron chi connectivity index (χ2n) is 7.14. The molecule has 0 N–H and O–H groups in total. The van der Waals surface area contributed by atoms with Crippen LogP contribution >= 0.6 is 11.3 Å². The lowest BCUT2D eigenvalue weighted by molar-refractivity contribution is 0.0600. The summed E-state index contributed by atoms with van der Waals surface area (Å²) >= 11 is 1.60. The Hall–Kier alpha value is -2.99. The highest BCUT2D eigenvalue weighted by Crippen LogP contribution is 2.35. The molecule has 0 bridgehead atoms. The predicted octanol–water partition coefficient (Wildman–Crippen LogP) is 4.88. The van der Waals surface area contributed by atoms with Crippen molar-refractivity contribution in [2.75, 3.05) is 13.7 Å². The number of hydrogen-bond acceptors (Lipinski definition) is 5. The number of methoxy groups -OCH3 is 1. The van der Waals surface area contributed by atoms with Crippen LogP contribution < -0.4 is 0 Å². The van der Waals surface area contributed by atoms with Gasteiger partial charge in [-0.25, -0.2) is 9.78 Å². The van der Waals surface area contributed by atoms with Gasteiger partial charge in [-0.05, 0) is 49.1 Å². The maximum atomic E-state index is 13.4. The summed E-state index contributed by atoms with van der Waals surface area (Å²) in [6.07, 6.45) is 1.85. The lowest BCUT2D eigenvalue weighted by Gasteiger charge is -2.23. The summed E-state index contributed by atoms with van der Waals surface area (Å²) < 4.78 is 4.91. The smallest absolute Gasteiger partial charge is 0.337 e. The third-order valence-electron chi connectivity index (χ3n) is 5.14. The molecule has 1 fully saturated rings. The van der Waals surface area contributed by atoms with Crippen LogP contribution in [0.15, 0.2) is 53.9 Å². The molecule has 0 aliphatic carbocycles. The minimum atomic E-state index is -0.453. The van der Waals surface area contributed by atoms with Gasteiger partial charge in [0.25, 0.3) is 5.91 Å². The van der Waals surface area contributed by atoms with Crippen molar-refractivity contribution < 1.29 is 14.3 Å². The summed E-state index contributed by atoms with van der Waals surface area (Å²) in [5.74, 6) is -0.534. The monoisotopic (exact) mass is 406 g/mol. The third kappa shape index (κ3) is 3.93. The van der Waals surface area contributed by atoms with Crippen molar-refractivity contribution in [2.45, 2.75) is 25.8 Å². The Kier molecular flexibility index (Phi) is 5.45. The van der Waals surface area contributed by atoms with Crippen molar-refractivity contribution in [3.05, 3.63) is 75.7 Å². The molecule has 6 heteroatoms. The Morgan fingerprint density at radius 3 is 2.55 bits per heavy atom. The Bertz CT molecular complexity index is 1050. The van der Waals surface area contributed by atoms with Gasteiger partial charge in [0, 0.05) is 23.2 Å². The van der Waals surface area contributed by atoms with Crippen molar-refractivity contribution in [1.82, 2.24) is 9.88 Å². The molecule has 1 saturated heterocycles. The van der Waals surface area contributed by atoms with Gasteiger partial charge in [0.15, 0.2) is 0 Å². The number of ether oxygens (including phenoxy) is 1. The number of carbonyl (C=O) groups is 2. The number of rotatable bonds is 4. The average molecular weight is 407 g/mol. The third-order valence-corrected chi connectivity index (χ3v) is 6.21. The second kappa shape index (κ2) is 8.17. The molecule has 0 saturated carbocycles. The van der Waals surface area contributed by atoms with Crippen LogP contribution in [0.3, 0.4) is 0 Å². The van der Waals surface area contributed by atoms with Gasteiger partial charge in [-0.2, -0.15) is 0 Å². The molecule has 1 amide bonds. The molecule has 1 unspecified atom stereocenters. The molecule has 2 aromatic carbocycles. The van der Waals surface area contributed by atoms with E-state index in [9.17, 15) is 9.59 Å². The first-order valence-electron chi connectivity index (χ1n) is 9.58. The fourth-order valence-corrected chi connectivity index (χ4v) is 4.68. The van der Waals surface area contributed by atoms with Gasteiger partial charge in [-0.3, -0.25) is 4.79 Å². The van der Waals surface area contributed by atoms with Crippen molar-refractivity contribution in [3.63, 3.8) is 0 Å². The molecule has 148 valence electrons. The van der Waals surface area contributed by atoms with Crippen molar-refractivity contribution in [2.24, 2.45) is 0 Å². The SMILES string of the molecule is COC(=O)c1cc(C(=O)N2CCCC2c2nc(C)cs2)cc(-c2ccccc2)c1. The van der Waals surface area contributed by atoms with E-state index in [2.05, 4.69) is 4.98 Å². The van der Waals surface area contributed by atoms with Crippen LogP contribution in [-0.2, 0) is 4.74 Å². The van der Waals surface area contributed by atoms with E-state index in [0.717, 1.165) is 34.7 Å². The van der Waals surface area contributed by atoms with E-state index in [1.807, 2.05) is 53.6 Å². The van der Waals surface area contributed by atoms with E-state index in [1.54, 1.807) is 23.5 Å². The average Bonchev–Trinajstić information content (AvgIpc) is 3.41. The van der Waals surface area contributed by atoms with Gasteiger partial charge in [0.05, 0.1) is 18.7 Å². The van der Waals surface area contributed by atoms with Gasteiger partial charge in [-0.1, -0.05) is 30.3 Å². The van der Waals surface area contributed by atoms with Crippen LogP contribution in [0.1, 0.15) is 50.3 Å². The van der Waals surface area contributed by atoms with Gasteiger partial charge in [0.2, 0.25) is 0 Å². The maximum Gasteiger partial charge on any atom is 0.337 e. The summed E-state index contributed by atoms with van der Waals surface area (Å²) in [5.41, 5.74) is 3.60. The zero-order valence-electron chi connectivity index (χ0n) is 16.4. The first-order chi connectivity index (χ1) is 14.1. The number of hydrogen-bond donors (Lipinski definition) is 0. The molecule has 0 spiro atoms. The number of aromatic nitrogens is 1. The molecule has 0 radical (unpaired) electrons. The largest absolute Gasteiger partial charge is 0.465 e. The number of aryl methyl sites for hydroxylation is 1. The second-order valence-corrected chi connectivity index (χ2v) is 8.03. The van der Waals surface area contributed by atoms with Crippen molar-refractivity contribution >= 4 is 23.2 Å². The number of carbonyl (C=O) groups excluding carboxylic acids is 2. The number of benzene rings is 2. The number of likely N-dealkylation sites (tertiary alicyclic amines) is 1. The number of esters is 1. The highest BCUT2D eigenvalue weighted by Gasteiger charge is 2.33. The number of nitrogens with zero attached hydrogens (tertiary/aromatic N) is 2. The van der Waals surface area contributed by atoms with Crippen LogP contribution in [0, 0.1) is 6.92 Å². The van der Waals surface area contributed by atoms with E-state index in [4.69, 9.17) is 4.74 Å². The summed E-state index contributed by atoms with van der Waals surface area (Å²) in [6.45, 7) is 2.65. The summed E-state index contributed by atoms with van der Waals surface area (Å²) in [7, 11) is 1.35. The molecule has 2 heterocycles. The fraction of sp³-hybridized carbons (Fsp3) is 0.261. The minimum absolute atomic E-state index is 0.0110. The molecule has 29 heavy (non-hydrogen) atoms. The maximum absolute atomic E-state index is 13.4. The van der Waals surface area contributed by atoms with Crippen LogP contribution in [0.5, 0.6) is 0 Å². The van der Waals surface area contributed by atoms with Gasteiger partial charge in [-0.15, -0.1) is 11.3 Å². The van der Waals surface area contributed by atoms with Crippen LogP contribution in [0.4, 0.5) is 0 Å². The van der Waals surface area contributed by atoms with Crippen molar-refractivity contribution in [3.8, 4) is 11.1 Å². The molecule has 1 aromatic heterocycles. The molecule has 1 atom stereocenters. The van der Waals surface area contributed by atoms with Gasteiger partial charge in [0.1, 0.15) is 5.01 Å². The molecule has 1 aliphatic heterocycles. The summed E-state index contributed by atoms with van der Waals surface area (Å²) in [6, 6.07) is 15.0. The zero-order chi connectivity index (χ0) is 20.4. The Labute approximate surface area is 174 Å². The van der Waals surface area contributed by atoms with Crippen LogP contribution in [0.25, 0.3) is 11.1 Å². The predicted molar refractivity (Wildman–Crippen MR) is 113 cm³/mol. The fourth-order valence-electron chi connectivity index (χ4n) is 3.74. The normalized spacial score (nSPS) is 16.1. The summed E-state index contributed by atoms with van der Waals surface area (Å²) in [4.78, 5) is 32.1. The lowest BCUT2D eigenvalue weighted by Crippen LogP contribution is -2.30. The Morgan fingerprint density at radius 1 is 1.10 bits per heavy atom. The molecule has 5 nitrogen and oxygen atoms in total. The quantitative estimate of drug-likeness (QED) is 0.579. The first-order valence-corrected chi connectivity index (χ1v) is 10.5. The summed E-state index contributed by atoms with van der Waals surface area (Å²) in [5, 5.41) is 2.99. The van der Waals surface area contributed by atoms with Gasteiger partial charge >= 0.3 is 5.97 Å². The van der Waals surface area contributed by atoms with E-state index >= 15 is 0 Å². The van der Waals surface area contributed by atoms with Crippen LogP contribution in [-0.4, -0.2) is 35.4 Å². The molecule has 4 rings (SSSR count). The number of amides is 1. The molecular formula is C23H22N2O3S. The highest BCUT2D eigenvalue weighted by molar-refractivity contribution is 7.09. The van der Waals surface area contributed by atoms with E-state index in [0.29, 0.717) is 17.7 Å². The Balaban J connectivity index is 1.73. The molecular weight excluding hydrogens is 384 g/mol. The number of thiazole rings is 1. The van der Waals surface area contributed by atoms with E-state index in [-0.39, 0.29) is 11.9 Å². The highest BCUT2D eigenvalue weighted by atomic mass is 32.1. The Morgan fingerprint density at radius 2 is 1.86 bits per heavy atom. The molecule has 3 aromatic rings. The van der Waals surface area contributed by atoms with Crippen LogP contribution in [0.2, 0.25) is 0 Å². The van der Waals surface area contributed by atoms with Crippen molar-refractivity contribution in [1.29, 1.82) is 0 Å². The van der Waals surface area contributed by atoms with Gasteiger partial charge < -0.3 is 9.64 Å². The molecule has 1 aliphatic rings. The lowest BCUT2D eigenvalue weighted by atomic mass is 9.99. The van der Waals surface area contributed by atoms with E-state index in [1.165, 1.54) is 7.11 Å². The zero-order valence-corrected chi connectivity index (χ0v) is 17.2. The van der Waals surface area contributed by atoms with E-state index < -0.39 is 5.97 Å². The first kappa shape index (κ1) is 19.3. The standard InChI is InChI=1S/C23H22N2O3S/c1-15-14-29-21(24-15)20-9-6-10-25(20)22(26)18-11-17(16-7-4-3-5-8-16)12-19(13-18)23(27)28-2/h3-5,7-8,11-14,20H,6,9-10H2,1-2H3.